The highest BCUT2D eigenvalue weighted by atomic mass is 19.1. The SMILES string of the molecule is COCCNCc1nn(-c2ccc(F)cc2F)c(C)cc1=O. The Hall–Kier alpha value is -2.12. The average molecular weight is 309 g/mol. The van der Waals surface area contributed by atoms with Gasteiger partial charge in [-0.15, -0.1) is 0 Å². The average Bonchev–Trinajstić information content (AvgIpc) is 2.46. The molecule has 0 bridgehead atoms. The van der Waals surface area contributed by atoms with E-state index in [1.807, 2.05) is 0 Å². The van der Waals surface area contributed by atoms with Crippen molar-refractivity contribution in [3.8, 4) is 5.69 Å². The highest BCUT2D eigenvalue weighted by molar-refractivity contribution is 5.34. The Bertz CT molecular complexity index is 716. The third-order valence-electron chi connectivity index (χ3n) is 3.09. The molecule has 1 aromatic carbocycles. The molecule has 0 aliphatic carbocycles. The Labute approximate surface area is 126 Å². The van der Waals surface area contributed by atoms with Crippen LogP contribution in [-0.4, -0.2) is 30.0 Å². The van der Waals surface area contributed by atoms with Crippen LogP contribution in [0.3, 0.4) is 0 Å². The van der Waals surface area contributed by atoms with Gasteiger partial charge < -0.3 is 10.1 Å². The molecule has 0 spiro atoms. The molecule has 5 nitrogen and oxygen atoms in total. The lowest BCUT2D eigenvalue weighted by molar-refractivity contribution is 0.199. The molecule has 118 valence electrons. The number of nitrogens with zero attached hydrogens (tertiary/aromatic N) is 2. The van der Waals surface area contributed by atoms with E-state index in [0.29, 0.717) is 18.8 Å². The van der Waals surface area contributed by atoms with Crippen molar-refractivity contribution in [3.05, 3.63) is 57.5 Å². The monoisotopic (exact) mass is 309 g/mol. The predicted octanol–water partition coefficient (Wildman–Crippen LogP) is 1.56. The van der Waals surface area contributed by atoms with Gasteiger partial charge in [-0.2, -0.15) is 5.10 Å². The second-order valence-corrected chi connectivity index (χ2v) is 4.77. The highest BCUT2D eigenvalue weighted by Gasteiger charge is 2.11. The molecule has 1 aromatic heterocycles. The van der Waals surface area contributed by atoms with Gasteiger partial charge in [0, 0.05) is 38.0 Å². The van der Waals surface area contributed by atoms with Gasteiger partial charge in [0.1, 0.15) is 17.2 Å². The van der Waals surface area contributed by atoms with E-state index in [4.69, 9.17) is 4.74 Å². The van der Waals surface area contributed by atoms with Crippen molar-refractivity contribution in [3.63, 3.8) is 0 Å². The fourth-order valence-electron chi connectivity index (χ4n) is 1.98. The summed E-state index contributed by atoms with van der Waals surface area (Å²) in [6.45, 7) is 2.95. The normalized spacial score (nSPS) is 10.9. The number of ether oxygens (including phenoxy) is 1. The zero-order valence-electron chi connectivity index (χ0n) is 12.4. The molecule has 2 rings (SSSR count). The number of nitrogens with one attached hydrogen (secondary N) is 1. The van der Waals surface area contributed by atoms with Crippen LogP contribution < -0.4 is 10.7 Å². The van der Waals surface area contributed by atoms with E-state index in [1.165, 1.54) is 16.8 Å². The molecule has 0 radical (unpaired) electrons. The van der Waals surface area contributed by atoms with E-state index in [2.05, 4.69) is 10.4 Å². The van der Waals surface area contributed by atoms with E-state index in [0.717, 1.165) is 12.1 Å². The van der Waals surface area contributed by atoms with Gasteiger partial charge in [-0.25, -0.2) is 13.5 Å². The van der Waals surface area contributed by atoms with Gasteiger partial charge in [-0.1, -0.05) is 0 Å². The molecular weight excluding hydrogens is 292 g/mol. The van der Waals surface area contributed by atoms with Crippen molar-refractivity contribution in [2.75, 3.05) is 20.3 Å². The minimum Gasteiger partial charge on any atom is -0.383 e. The standard InChI is InChI=1S/C15H17F2N3O2/c1-10-7-15(21)13(9-18-5-6-22-2)19-20(10)14-4-3-11(16)8-12(14)17/h3-4,7-8,18H,5-6,9H2,1-2H3. The predicted molar refractivity (Wildman–Crippen MR) is 78.1 cm³/mol. The number of rotatable bonds is 6. The summed E-state index contributed by atoms with van der Waals surface area (Å²) in [5, 5.41) is 7.18. The van der Waals surface area contributed by atoms with Crippen molar-refractivity contribution >= 4 is 0 Å². The molecule has 0 fully saturated rings. The molecule has 1 heterocycles. The third-order valence-corrected chi connectivity index (χ3v) is 3.09. The van der Waals surface area contributed by atoms with Crippen LogP contribution in [0.5, 0.6) is 0 Å². The maximum atomic E-state index is 13.9. The van der Waals surface area contributed by atoms with Crippen LogP contribution in [0.15, 0.2) is 29.1 Å². The second-order valence-electron chi connectivity index (χ2n) is 4.77. The molecule has 0 aliphatic rings. The minimum atomic E-state index is -0.738. The van der Waals surface area contributed by atoms with Crippen molar-refractivity contribution in [2.45, 2.75) is 13.5 Å². The Morgan fingerprint density at radius 3 is 2.77 bits per heavy atom. The number of aryl methyl sites for hydroxylation is 1. The van der Waals surface area contributed by atoms with Crippen LogP contribution in [0.2, 0.25) is 0 Å². The number of hydrogen-bond acceptors (Lipinski definition) is 4. The molecule has 7 heteroatoms. The summed E-state index contributed by atoms with van der Waals surface area (Å²) < 4.78 is 33.1. The molecule has 0 amide bonds. The third kappa shape index (κ3) is 3.75. The molecule has 0 aliphatic heterocycles. The number of aromatic nitrogens is 2. The molecule has 0 unspecified atom stereocenters. The summed E-state index contributed by atoms with van der Waals surface area (Å²) in [5.74, 6) is -1.40. The van der Waals surface area contributed by atoms with Crippen LogP contribution >= 0.6 is 0 Å². The lowest BCUT2D eigenvalue weighted by Gasteiger charge is -2.12. The van der Waals surface area contributed by atoms with Gasteiger partial charge in [0.05, 0.1) is 6.61 Å². The Morgan fingerprint density at radius 1 is 1.32 bits per heavy atom. The smallest absolute Gasteiger partial charge is 0.204 e. The first-order valence-electron chi connectivity index (χ1n) is 6.78. The van der Waals surface area contributed by atoms with Gasteiger partial charge in [-0.05, 0) is 19.1 Å². The zero-order valence-corrected chi connectivity index (χ0v) is 12.4. The van der Waals surface area contributed by atoms with Crippen LogP contribution in [-0.2, 0) is 11.3 Å². The van der Waals surface area contributed by atoms with Gasteiger partial charge in [0.2, 0.25) is 5.43 Å². The molecule has 0 atom stereocenters. The summed E-state index contributed by atoms with van der Waals surface area (Å²) in [6, 6.07) is 4.60. The lowest BCUT2D eigenvalue weighted by atomic mass is 10.2. The van der Waals surface area contributed by atoms with E-state index >= 15 is 0 Å². The second kappa shape index (κ2) is 7.24. The van der Waals surface area contributed by atoms with Crippen LogP contribution in [0.1, 0.15) is 11.4 Å². The fraction of sp³-hybridized carbons (Fsp3) is 0.333. The Kier molecular flexibility index (Phi) is 5.35. The van der Waals surface area contributed by atoms with E-state index in [1.54, 1.807) is 14.0 Å². The summed E-state index contributed by atoms with van der Waals surface area (Å²) in [4.78, 5) is 11.9. The number of benzene rings is 1. The first kappa shape index (κ1) is 16.3. The van der Waals surface area contributed by atoms with Crippen molar-refractivity contribution in [1.82, 2.24) is 15.1 Å². The lowest BCUT2D eigenvalue weighted by Crippen LogP contribution is -2.26. The minimum absolute atomic E-state index is 0.0945. The van der Waals surface area contributed by atoms with E-state index in [9.17, 15) is 13.6 Å². The number of halogens is 2. The maximum absolute atomic E-state index is 13.9. The largest absolute Gasteiger partial charge is 0.383 e. The van der Waals surface area contributed by atoms with Crippen molar-refractivity contribution < 1.29 is 13.5 Å². The number of hydrogen-bond donors (Lipinski definition) is 1. The highest BCUT2D eigenvalue weighted by Crippen LogP contribution is 2.15. The first-order chi connectivity index (χ1) is 10.5. The van der Waals surface area contributed by atoms with Crippen molar-refractivity contribution in [1.29, 1.82) is 0 Å². The van der Waals surface area contributed by atoms with Crippen molar-refractivity contribution in [2.24, 2.45) is 0 Å². The summed E-state index contributed by atoms with van der Waals surface area (Å²) in [5.41, 5.74) is 0.583. The van der Waals surface area contributed by atoms with E-state index in [-0.39, 0.29) is 23.4 Å². The summed E-state index contributed by atoms with van der Waals surface area (Å²) >= 11 is 0. The van der Waals surface area contributed by atoms with Gasteiger partial charge in [-0.3, -0.25) is 4.79 Å². The van der Waals surface area contributed by atoms with Crippen LogP contribution in [0.4, 0.5) is 8.78 Å². The van der Waals surface area contributed by atoms with Crippen LogP contribution in [0.25, 0.3) is 5.69 Å². The maximum Gasteiger partial charge on any atom is 0.204 e. The summed E-state index contributed by atoms with van der Waals surface area (Å²) in [7, 11) is 1.58. The van der Waals surface area contributed by atoms with E-state index < -0.39 is 11.6 Å². The molecule has 1 N–H and O–H groups in total. The first-order valence-corrected chi connectivity index (χ1v) is 6.78. The molecule has 22 heavy (non-hydrogen) atoms. The van der Waals surface area contributed by atoms with Crippen LogP contribution in [0, 0.1) is 18.6 Å². The molecule has 2 aromatic rings. The number of methoxy groups -OCH3 is 1. The fourth-order valence-corrected chi connectivity index (χ4v) is 1.98. The molecule has 0 saturated heterocycles. The van der Waals surface area contributed by atoms with Gasteiger partial charge in [0.15, 0.2) is 5.82 Å². The molecule has 0 saturated carbocycles. The Balaban J connectivity index is 2.33. The van der Waals surface area contributed by atoms with Gasteiger partial charge in [0.25, 0.3) is 0 Å². The summed E-state index contributed by atoms with van der Waals surface area (Å²) in [6.07, 6.45) is 0. The zero-order chi connectivity index (χ0) is 16.1. The van der Waals surface area contributed by atoms with Gasteiger partial charge >= 0.3 is 0 Å². The Morgan fingerprint density at radius 2 is 2.09 bits per heavy atom. The quantitative estimate of drug-likeness (QED) is 0.823. The topological polar surface area (TPSA) is 56.1 Å². The molecular formula is C15H17F2N3O2.